The maximum absolute atomic E-state index is 12.1. The van der Waals surface area contributed by atoms with Crippen molar-refractivity contribution in [3.8, 4) is 0 Å². The van der Waals surface area contributed by atoms with Crippen LogP contribution in [0.4, 0.5) is 0 Å². The Labute approximate surface area is 111 Å². The van der Waals surface area contributed by atoms with Crippen LogP contribution in [-0.4, -0.2) is 33.3 Å². The second kappa shape index (κ2) is 6.35. The lowest BCUT2D eigenvalue weighted by atomic mass is 9.94. The molecule has 1 saturated carbocycles. The Balaban J connectivity index is 1.82. The van der Waals surface area contributed by atoms with Gasteiger partial charge in [-0.2, -0.15) is 0 Å². The molecule has 1 heterocycles. The van der Waals surface area contributed by atoms with E-state index in [9.17, 15) is 8.42 Å². The minimum absolute atomic E-state index is 0.0594. The van der Waals surface area contributed by atoms with E-state index in [1.54, 1.807) is 0 Å². The SMILES string of the molecule is CC(NS(=O)(=O)CC1CCCC1)C1CCCNC1. The molecule has 0 amide bonds. The first-order valence-electron chi connectivity index (χ1n) is 7.27. The summed E-state index contributed by atoms with van der Waals surface area (Å²) in [5.41, 5.74) is 0. The molecule has 0 bridgehead atoms. The summed E-state index contributed by atoms with van der Waals surface area (Å²) in [6, 6.07) is 0.0594. The number of nitrogens with one attached hydrogen (secondary N) is 2. The quantitative estimate of drug-likeness (QED) is 0.798. The molecule has 1 aliphatic heterocycles. The molecule has 106 valence electrons. The van der Waals surface area contributed by atoms with Crippen molar-refractivity contribution in [1.29, 1.82) is 0 Å². The first kappa shape index (κ1) is 14.3. The molecular formula is C13H26N2O2S. The molecule has 0 radical (unpaired) electrons. The van der Waals surface area contributed by atoms with Crippen LogP contribution in [0.15, 0.2) is 0 Å². The third-order valence-corrected chi connectivity index (χ3v) is 5.98. The maximum Gasteiger partial charge on any atom is 0.212 e. The molecule has 2 fully saturated rings. The predicted molar refractivity (Wildman–Crippen MR) is 73.9 cm³/mol. The molecule has 0 aromatic heterocycles. The lowest BCUT2D eigenvalue weighted by Crippen LogP contribution is -2.45. The van der Waals surface area contributed by atoms with Crippen molar-refractivity contribution in [3.05, 3.63) is 0 Å². The van der Waals surface area contributed by atoms with Crippen molar-refractivity contribution >= 4 is 10.0 Å². The highest BCUT2D eigenvalue weighted by Crippen LogP contribution is 2.26. The third-order valence-electron chi connectivity index (χ3n) is 4.34. The van der Waals surface area contributed by atoms with Crippen molar-refractivity contribution in [2.75, 3.05) is 18.8 Å². The van der Waals surface area contributed by atoms with Gasteiger partial charge in [0.15, 0.2) is 0 Å². The summed E-state index contributed by atoms with van der Waals surface area (Å²) in [6.45, 7) is 4.01. The highest BCUT2D eigenvalue weighted by atomic mass is 32.2. The summed E-state index contributed by atoms with van der Waals surface area (Å²) in [5, 5.41) is 3.34. The van der Waals surface area contributed by atoms with E-state index in [1.807, 2.05) is 6.92 Å². The second-order valence-electron chi connectivity index (χ2n) is 5.94. The van der Waals surface area contributed by atoms with Gasteiger partial charge in [0.1, 0.15) is 0 Å². The molecule has 2 rings (SSSR count). The number of hydrogen-bond donors (Lipinski definition) is 2. The summed E-state index contributed by atoms with van der Waals surface area (Å²) in [7, 11) is -3.09. The van der Waals surface area contributed by atoms with Crippen LogP contribution in [0, 0.1) is 11.8 Å². The zero-order valence-corrected chi connectivity index (χ0v) is 12.1. The summed E-state index contributed by atoms with van der Waals surface area (Å²) >= 11 is 0. The zero-order valence-electron chi connectivity index (χ0n) is 11.3. The van der Waals surface area contributed by atoms with Gasteiger partial charge in [-0.3, -0.25) is 0 Å². The van der Waals surface area contributed by atoms with E-state index in [4.69, 9.17) is 0 Å². The van der Waals surface area contributed by atoms with Crippen molar-refractivity contribution in [2.45, 2.75) is 51.5 Å². The van der Waals surface area contributed by atoms with E-state index in [2.05, 4.69) is 10.0 Å². The Morgan fingerprint density at radius 2 is 1.94 bits per heavy atom. The molecule has 2 N–H and O–H groups in total. The number of sulfonamides is 1. The Kier molecular flexibility index (Phi) is 5.04. The largest absolute Gasteiger partial charge is 0.316 e. The standard InChI is InChI=1S/C13H26N2O2S/c1-11(13-7-4-8-14-9-13)15-18(16,17)10-12-5-2-3-6-12/h11-15H,2-10H2,1H3. The van der Waals surface area contributed by atoms with Crippen LogP contribution in [0.5, 0.6) is 0 Å². The molecule has 0 aromatic carbocycles. The molecular weight excluding hydrogens is 248 g/mol. The van der Waals surface area contributed by atoms with Gasteiger partial charge < -0.3 is 5.32 Å². The first-order valence-corrected chi connectivity index (χ1v) is 8.93. The van der Waals surface area contributed by atoms with Crippen LogP contribution in [-0.2, 0) is 10.0 Å². The molecule has 2 atom stereocenters. The molecule has 1 aliphatic carbocycles. The van der Waals surface area contributed by atoms with E-state index in [-0.39, 0.29) is 6.04 Å². The van der Waals surface area contributed by atoms with E-state index >= 15 is 0 Å². The van der Waals surface area contributed by atoms with Gasteiger partial charge in [0.05, 0.1) is 5.75 Å². The van der Waals surface area contributed by atoms with Crippen LogP contribution < -0.4 is 10.0 Å². The lowest BCUT2D eigenvalue weighted by molar-refractivity contribution is 0.320. The van der Waals surface area contributed by atoms with Crippen LogP contribution in [0.3, 0.4) is 0 Å². The minimum Gasteiger partial charge on any atom is -0.316 e. The normalized spacial score (nSPS) is 28.4. The molecule has 5 heteroatoms. The fraction of sp³-hybridized carbons (Fsp3) is 1.00. The summed E-state index contributed by atoms with van der Waals surface area (Å²) < 4.78 is 27.1. The average molecular weight is 274 g/mol. The van der Waals surface area contributed by atoms with Crippen LogP contribution in [0.1, 0.15) is 45.4 Å². The molecule has 1 saturated heterocycles. The maximum atomic E-state index is 12.1. The van der Waals surface area contributed by atoms with Gasteiger partial charge >= 0.3 is 0 Å². The number of rotatable bonds is 5. The third kappa shape index (κ3) is 4.21. The van der Waals surface area contributed by atoms with Gasteiger partial charge in [0, 0.05) is 6.04 Å². The van der Waals surface area contributed by atoms with E-state index in [0.717, 1.165) is 38.8 Å². The topological polar surface area (TPSA) is 58.2 Å². The van der Waals surface area contributed by atoms with Crippen LogP contribution >= 0.6 is 0 Å². The highest BCUT2D eigenvalue weighted by molar-refractivity contribution is 7.89. The first-order chi connectivity index (χ1) is 8.57. The van der Waals surface area contributed by atoms with Crippen molar-refractivity contribution < 1.29 is 8.42 Å². The smallest absolute Gasteiger partial charge is 0.212 e. The second-order valence-corrected chi connectivity index (χ2v) is 7.74. The van der Waals surface area contributed by atoms with Gasteiger partial charge in [-0.1, -0.05) is 12.8 Å². The molecule has 2 unspecified atom stereocenters. The Morgan fingerprint density at radius 1 is 1.22 bits per heavy atom. The highest BCUT2D eigenvalue weighted by Gasteiger charge is 2.27. The number of piperidine rings is 1. The van der Waals surface area contributed by atoms with E-state index < -0.39 is 10.0 Å². The predicted octanol–water partition coefficient (Wildman–Crippen LogP) is 1.48. The number of hydrogen-bond acceptors (Lipinski definition) is 3. The van der Waals surface area contributed by atoms with Crippen molar-refractivity contribution in [1.82, 2.24) is 10.0 Å². The molecule has 0 aromatic rings. The van der Waals surface area contributed by atoms with E-state index in [1.165, 1.54) is 12.8 Å². The van der Waals surface area contributed by atoms with Crippen LogP contribution in [0.2, 0.25) is 0 Å². The monoisotopic (exact) mass is 274 g/mol. The van der Waals surface area contributed by atoms with Gasteiger partial charge in [-0.25, -0.2) is 13.1 Å². The fourth-order valence-corrected chi connectivity index (χ4v) is 5.03. The van der Waals surface area contributed by atoms with Crippen molar-refractivity contribution in [2.24, 2.45) is 11.8 Å². The molecule has 0 spiro atoms. The lowest BCUT2D eigenvalue weighted by Gasteiger charge is -2.29. The Hall–Kier alpha value is -0.130. The van der Waals surface area contributed by atoms with Crippen LogP contribution in [0.25, 0.3) is 0 Å². The average Bonchev–Trinajstić information content (AvgIpc) is 2.81. The van der Waals surface area contributed by atoms with Crippen molar-refractivity contribution in [3.63, 3.8) is 0 Å². The summed E-state index contributed by atoms with van der Waals surface area (Å²) in [5.74, 6) is 1.16. The summed E-state index contributed by atoms with van der Waals surface area (Å²) in [6.07, 6.45) is 6.84. The Morgan fingerprint density at radius 3 is 2.56 bits per heavy atom. The Bertz CT molecular complexity index is 344. The molecule has 18 heavy (non-hydrogen) atoms. The zero-order chi connectivity index (χ0) is 13.0. The van der Waals surface area contributed by atoms with Gasteiger partial charge in [-0.15, -0.1) is 0 Å². The van der Waals surface area contributed by atoms with Gasteiger partial charge in [-0.05, 0) is 57.5 Å². The summed E-state index contributed by atoms with van der Waals surface area (Å²) in [4.78, 5) is 0. The minimum atomic E-state index is -3.09. The van der Waals surface area contributed by atoms with E-state index in [0.29, 0.717) is 17.6 Å². The van der Waals surface area contributed by atoms with Gasteiger partial charge in [0.25, 0.3) is 0 Å². The van der Waals surface area contributed by atoms with Gasteiger partial charge in [0.2, 0.25) is 10.0 Å². The fourth-order valence-electron chi connectivity index (χ4n) is 3.22. The molecule has 2 aliphatic rings. The molecule has 4 nitrogen and oxygen atoms in total.